The summed E-state index contributed by atoms with van der Waals surface area (Å²) in [4.78, 5) is 18.4. The molecule has 1 fully saturated rings. The molecule has 1 amide bonds. The highest BCUT2D eigenvalue weighted by Crippen LogP contribution is 2.25. The standard InChI is InChI=1S/C23H27N3O3S2/c1-4-26-20-12-9-17(3)14-21(20)30-23(26)24-22(27)18-6-5-13-25(15-18)31(28,29)19-10-7-16(2)8-11-19/h7-12,14,18H,4-6,13,15H2,1-3H3. The zero-order chi connectivity index (χ0) is 22.2. The molecule has 0 saturated carbocycles. The highest BCUT2D eigenvalue weighted by Gasteiger charge is 2.33. The van der Waals surface area contributed by atoms with Crippen molar-refractivity contribution >= 4 is 37.5 Å². The molecule has 1 aliphatic heterocycles. The van der Waals surface area contributed by atoms with E-state index in [9.17, 15) is 13.2 Å². The highest BCUT2D eigenvalue weighted by molar-refractivity contribution is 7.89. The molecule has 2 heterocycles. The number of hydrogen-bond acceptors (Lipinski definition) is 4. The van der Waals surface area contributed by atoms with Crippen LogP contribution < -0.4 is 4.80 Å². The van der Waals surface area contributed by atoms with Gasteiger partial charge in [-0.05, 0) is 63.4 Å². The number of benzene rings is 2. The van der Waals surface area contributed by atoms with Crippen LogP contribution in [-0.2, 0) is 21.4 Å². The smallest absolute Gasteiger partial charge is 0.252 e. The van der Waals surface area contributed by atoms with Crippen LogP contribution in [0, 0.1) is 19.8 Å². The number of nitrogens with zero attached hydrogens (tertiary/aromatic N) is 3. The van der Waals surface area contributed by atoms with E-state index < -0.39 is 15.9 Å². The Balaban J connectivity index is 1.61. The molecule has 164 valence electrons. The van der Waals surface area contributed by atoms with Crippen LogP contribution >= 0.6 is 11.3 Å². The van der Waals surface area contributed by atoms with Gasteiger partial charge in [0.25, 0.3) is 5.91 Å². The minimum Gasteiger partial charge on any atom is -0.317 e. The van der Waals surface area contributed by atoms with Gasteiger partial charge in [-0.2, -0.15) is 9.30 Å². The number of amides is 1. The molecule has 1 atom stereocenters. The summed E-state index contributed by atoms with van der Waals surface area (Å²) in [5.74, 6) is -0.666. The van der Waals surface area contributed by atoms with Gasteiger partial charge in [-0.3, -0.25) is 4.79 Å². The van der Waals surface area contributed by atoms with E-state index in [0.29, 0.717) is 30.7 Å². The fourth-order valence-electron chi connectivity index (χ4n) is 3.98. The summed E-state index contributed by atoms with van der Waals surface area (Å²) in [7, 11) is -3.62. The van der Waals surface area contributed by atoms with Crippen LogP contribution in [-0.4, -0.2) is 36.3 Å². The van der Waals surface area contributed by atoms with Gasteiger partial charge >= 0.3 is 0 Å². The van der Waals surface area contributed by atoms with Crippen molar-refractivity contribution in [1.29, 1.82) is 0 Å². The van der Waals surface area contributed by atoms with Crippen LogP contribution in [0.15, 0.2) is 52.4 Å². The van der Waals surface area contributed by atoms with Crippen molar-refractivity contribution in [2.24, 2.45) is 10.9 Å². The molecule has 0 bridgehead atoms. The number of aromatic nitrogens is 1. The van der Waals surface area contributed by atoms with Crippen LogP contribution in [0.3, 0.4) is 0 Å². The van der Waals surface area contributed by atoms with Crippen molar-refractivity contribution in [3.8, 4) is 0 Å². The zero-order valence-electron chi connectivity index (χ0n) is 18.0. The SMILES string of the molecule is CCn1c(=NC(=O)C2CCCN(S(=O)(=O)c3ccc(C)cc3)C2)sc2cc(C)ccc21. The van der Waals surface area contributed by atoms with Crippen molar-refractivity contribution in [2.45, 2.75) is 45.1 Å². The molecule has 8 heteroatoms. The topological polar surface area (TPSA) is 71.7 Å². The third-order valence-corrected chi connectivity index (χ3v) is 8.67. The maximum Gasteiger partial charge on any atom is 0.252 e. The molecule has 1 saturated heterocycles. The molecule has 0 N–H and O–H groups in total. The Labute approximate surface area is 186 Å². The molecule has 3 aromatic rings. The fourth-order valence-corrected chi connectivity index (χ4v) is 6.70. The maximum absolute atomic E-state index is 13.1. The maximum atomic E-state index is 13.1. The van der Waals surface area contributed by atoms with E-state index in [4.69, 9.17) is 0 Å². The van der Waals surface area contributed by atoms with E-state index in [1.54, 1.807) is 24.3 Å². The van der Waals surface area contributed by atoms with Gasteiger partial charge in [0.2, 0.25) is 10.0 Å². The van der Waals surface area contributed by atoms with Gasteiger partial charge in [-0.1, -0.05) is 35.1 Å². The minimum absolute atomic E-state index is 0.175. The van der Waals surface area contributed by atoms with Gasteiger partial charge in [-0.15, -0.1) is 0 Å². The van der Waals surface area contributed by atoms with Crippen LogP contribution in [0.25, 0.3) is 10.2 Å². The summed E-state index contributed by atoms with van der Waals surface area (Å²) in [6, 6.07) is 13.1. The molecule has 1 aliphatic rings. The number of carbonyl (C=O) groups is 1. The van der Waals surface area contributed by atoms with Crippen molar-refractivity contribution in [3.63, 3.8) is 0 Å². The van der Waals surface area contributed by atoms with E-state index in [2.05, 4.69) is 23.2 Å². The van der Waals surface area contributed by atoms with Crippen LogP contribution in [0.1, 0.15) is 30.9 Å². The molecule has 31 heavy (non-hydrogen) atoms. The van der Waals surface area contributed by atoms with E-state index in [1.165, 1.54) is 21.2 Å². The molecule has 0 radical (unpaired) electrons. The van der Waals surface area contributed by atoms with Crippen molar-refractivity contribution in [1.82, 2.24) is 8.87 Å². The van der Waals surface area contributed by atoms with Crippen LogP contribution in [0.4, 0.5) is 0 Å². The lowest BCUT2D eigenvalue weighted by molar-refractivity contribution is -0.122. The lowest BCUT2D eigenvalue weighted by atomic mass is 9.99. The van der Waals surface area contributed by atoms with Gasteiger partial charge in [0, 0.05) is 19.6 Å². The van der Waals surface area contributed by atoms with Gasteiger partial charge < -0.3 is 4.57 Å². The number of fused-ring (bicyclic) bond motifs is 1. The number of rotatable bonds is 4. The van der Waals surface area contributed by atoms with Gasteiger partial charge in [0.1, 0.15) is 0 Å². The summed E-state index contributed by atoms with van der Waals surface area (Å²) < 4.78 is 30.7. The highest BCUT2D eigenvalue weighted by atomic mass is 32.2. The second kappa shape index (κ2) is 8.68. The van der Waals surface area contributed by atoms with Gasteiger partial charge in [-0.25, -0.2) is 8.42 Å². The monoisotopic (exact) mass is 457 g/mol. The first-order valence-corrected chi connectivity index (χ1v) is 12.8. The Morgan fingerprint density at radius 2 is 1.84 bits per heavy atom. The lowest BCUT2D eigenvalue weighted by Crippen LogP contribution is -2.42. The molecule has 1 unspecified atom stereocenters. The van der Waals surface area contributed by atoms with Gasteiger partial charge in [0.15, 0.2) is 4.80 Å². The Morgan fingerprint density at radius 1 is 1.13 bits per heavy atom. The molecular formula is C23H27N3O3S2. The third-order valence-electron chi connectivity index (χ3n) is 5.75. The largest absolute Gasteiger partial charge is 0.317 e. The average Bonchev–Trinajstić information content (AvgIpc) is 3.10. The van der Waals surface area contributed by atoms with E-state index >= 15 is 0 Å². The van der Waals surface area contributed by atoms with Crippen molar-refractivity contribution in [2.75, 3.05) is 13.1 Å². The number of carbonyl (C=O) groups excluding carboxylic acids is 1. The first-order valence-electron chi connectivity index (χ1n) is 10.5. The fraction of sp³-hybridized carbons (Fsp3) is 0.391. The molecule has 1 aromatic heterocycles. The first-order chi connectivity index (χ1) is 14.8. The molecule has 4 rings (SSSR count). The van der Waals surface area contributed by atoms with E-state index in [0.717, 1.165) is 15.8 Å². The Kier molecular flexibility index (Phi) is 6.14. The number of piperidine rings is 1. The Hall–Kier alpha value is -2.29. The summed E-state index contributed by atoms with van der Waals surface area (Å²) in [6.07, 6.45) is 1.30. The van der Waals surface area contributed by atoms with Crippen LogP contribution in [0.2, 0.25) is 0 Å². The average molecular weight is 458 g/mol. The van der Waals surface area contributed by atoms with Crippen LogP contribution in [0.5, 0.6) is 0 Å². The summed E-state index contributed by atoms with van der Waals surface area (Å²) in [5, 5.41) is 0. The second-order valence-corrected chi connectivity index (χ2v) is 11.0. The van der Waals surface area contributed by atoms with Crippen molar-refractivity contribution in [3.05, 3.63) is 58.4 Å². The summed E-state index contributed by atoms with van der Waals surface area (Å²) in [6.45, 7) is 7.32. The number of sulfonamides is 1. The molecule has 6 nitrogen and oxygen atoms in total. The molecule has 0 aliphatic carbocycles. The Morgan fingerprint density at radius 3 is 2.55 bits per heavy atom. The molecule has 0 spiro atoms. The summed E-state index contributed by atoms with van der Waals surface area (Å²) >= 11 is 1.50. The van der Waals surface area contributed by atoms with E-state index in [1.807, 2.05) is 25.3 Å². The van der Waals surface area contributed by atoms with Crippen molar-refractivity contribution < 1.29 is 13.2 Å². The molecule has 2 aromatic carbocycles. The quantitative estimate of drug-likeness (QED) is 0.597. The first kappa shape index (κ1) is 21.9. The zero-order valence-corrected chi connectivity index (χ0v) is 19.7. The predicted molar refractivity (Wildman–Crippen MR) is 123 cm³/mol. The van der Waals surface area contributed by atoms with Gasteiger partial charge in [0.05, 0.1) is 21.0 Å². The molecular weight excluding hydrogens is 430 g/mol. The third kappa shape index (κ3) is 4.37. The number of aryl methyl sites for hydroxylation is 3. The Bertz CT molecular complexity index is 1290. The van der Waals surface area contributed by atoms with E-state index in [-0.39, 0.29) is 17.3 Å². The number of hydrogen-bond donors (Lipinski definition) is 0. The number of thiazole rings is 1. The normalized spacial score (nSPS) is 18.5. The minimum atomic E-state index is -3.62. The summed E-state index contributed by atoms with van der Waals surface area (Å²) in [5.41, 5.74) is 3.24. The second-order valence-electron chi connectivity index (χ2n) is 8.07. The lowest BCUT2D eigenvalue weighted by Gasteiger charge is -2.30. The predicted octanol–water partition coefficient (Wildman–Crippen LogP) is 3.87.